The zero-order chi connectivity index (χ0) is 15.5. The molecule has 1 N–H and O–H groups in total. The Morgan fingerprint density at radius 3 is 2.52 bits per heavy atom. The molecule has 0 saturated heterocycles. The molecule has 3 nitrogen and oxygen atoms in total. The van der Waals surface area contributed by atoms with E-state index in [4.69, 9.17) is 0 Å². The van der Waals surface area contributed by atoms with Gasteiger partial charge in [0, 0.05) is 11.1 Å². The smallest absolute Gasteiger partial charge is 0.194 e. The highest BCUT2D eigenvalue weighted by molar-refractivity contribution is 5.96. The van der Waals surface area contributed by atoms with Crippen molar-refractivity contribution in [3.05, 3.63) is 54.0 Å². The lowest BCUT2D eigenvalue weighted by Crippen LogP contribution is -2.39. The SMILES string of the molecule is CC(C)(C)NCC(=O)c1cccc(-c2ccccc2F)n1. The van der Waals surface area contributed by atoms with Crippen molar-refractivity contribution in [3.63, 3.8) is 0 Å². The second-order valence-electron chi connectivity index (χ2n) is 5.91. The number of halogens is 1. The molecule has 0 fully saturated rings. The van der Waals surface area contributed by atoms with Gasteiger partial charge in [0.1, 0.15) is 11.5 Å². The van der Waals surface area contributed by atoms with Crippen molar-refractivity contribution in [3.8, 4) is 11.3 Å². The fourth-order valence-corrected chi connectivity index (χ4v) is 1.84. The summed E-state index contributed by atoms with van der Waals surface area (Å²) in [6, 6.07) is 11.5. The van der Waals surface area contributed by atoms with Crippen LogP contribution in [0.5, 0.6) is 0 Å². The van der Waals surface area contributed by atoms with E-state index in [2.05, 4.69) is 10.3 Å². The lowest BCUT2D eigenvalue weighted by Gasteiger charge is -2.19. The summed E-state index contributed by atoms with van der Waals surface area (Å²) < 4.78 is 13.8. The first kappa shape index (κ1) is 15.3. The van der Waals surface area contributed by atoms with Gasteiger partial charge in [-0.25, -0.2) is 9.37 Å². The summed E-state index contributed by atoms with van der Waals surface area (Å²) in [6.45, 7) is 6.17. The molecule has 0 atom stereocenters. The van der Waals surface area contributed by atoms with E-state index in [0.29, 0.717) is 17.0 Å². The fourth-order valence-electron chi connectivity index (χ4n) is 1.84. The summed E-state index contributed by atoms with van der Waals surface area (Å²) in [5, 5.41) is 3.13. The molecular weight excluding hydrogens is 267 g/mol. The number of benzene rings is 1. The Kier molecular flexibility index (Phi) is 4.48. The van der Waals surface area contributed by atoms with Crippen LogP contribution in [0.4, 0.5) is 4.39 Å². The van der Waals surface area contributed by atoms with Crippen LogP contribution in [0, 0.1) is 5.82 Å². The molecule has 0 spiro atoms. The summed E-state index contributed by atoms with van der Waals surface area (Å²) in [5.74, 6) is -0.453. The average molecular weight is 286 g/mol. The van der Waals surface area contributed by atoms with Gasteiger partial charge in [0.2, 0.25) is 0 Å². The van der Waals surface area contributed by atoms with Crippen molar-refractivity contribution in [2.24, 2.45) is 0 Å². The van der Waals surface area contributed by atoms with Gasteiger partial charge in [-0.3, -0.25) is 4.79 Å². The van der Waals surface area contributed by atoms with Crippen molar-refractivity contribution in [1.82, 2.24) is 10.3 Å². The second-order valence-corrected chi connectivity index (χ2v) is 5.91. The zero-order valence-electron chi connectivity index (χ0n) is 12.5. The van der Waals surface area contributed by atoms with E-state index in [1.165, 1.54) is 6.07 Å². The Morgan fingerprint density at radius 2 is 1.86 bits per heavy atom. The molecular formula is C17H19FN2O. The lowest BCUT2D eigenvalue weighted by molar-refractivity contribution is 0.0977. The van der Waals surface area contributed by atoms with Gasteiger partial charge in [0.15, 0.2) is 5.78 Å². The lowest BCUT2D eigenvalue weighted by atomic mass is 10.1. The molecule has 1 aromatic carbocycles. The highest BCUT2D eigenvalue weighted by atomic mass is 19.1. The predicted molar refractivity (Wildman–Crippen MR) is 81.7 cm³/mol. The molecule has 0 saturated carbocycles. The topological polar surface area (TPSA) is 42.0 Å². The number of carbonyl (C=O) groups excluding carboxylic acids is 1. The molecule has 0 bridgehead atoms. The van der Waals surface area contributed by atoms with Gasteiger partial charge >= 0.3 is 0 Å². The van der Waals surface area contributed by atoms with Gasteiger partial charge in [-0.2, -0.15) is 0 Å². The molecule has 0 radical (unpaired) electrons. The largest absolute Gasteiger partial charge is 0.305 e. The molecule has 0 aliphatic carbocycles. The minimum atomic E-state index is -0.345. The molecule has 110 valence electrons. The molecule has 0 amide bonds. The first-order valence-electron chi connectivity index (χ1n) is 6.87. The van der Waals surface area contributed by atoms with E-state index >= 15 is 0 Å². The van der Waals surface area contributed by atoms with Crippen molar-refractivity contribution >= 4 is 5.78 Å². The van der Waals surface area contributed by atoms with Crippen LogP contribution in [0.25, 0.3) is 11.3 Å². The van der Waals surface area contributed by atoms with E-state index in [9.17, 15) is 9.18 Å². The van der Waals surface area contributed by atoms with E-state index in [1.807, 2.05) is 20.8 Å². The molecule has 0 aliphatic rings. The van der Waals surface area contributed by atoms with Gasteiger partial charge in [-0.15, -0.1) is 0 Å². The highest BCUT2D eigenvalue weighted by Crippen LogP contribution is 2.20. The summed E-state index contributed by atoms with van der Waals surface area (Å²) in [7, 11) is 0. The molecule has 0 unspecified atom stereocenters. The van der Waals surface area contributed by atoms with Gasteiger partial charge in [0.05, 0.1) is 12.2 Å². The third-order valence-electron chi connectivity index (χ3n) is 2.96. The van der Waals surface area contributed by atoms with E-state index < -0.39 is 0 Å². The second kappa shape index (κ2) is 6.14. The number of nitrogens with one attached hydrogen (secondary N) is 1. The maximum Gasteiger partial charge on any atom is 0.194 e. The predicted octanol–water partition coefficient (Wildman–Crippen LogP) is 3.46. The van der Waals surface area contributed by atoms with Gasteiger partial charge in [0.25, 0.3) is 0 Å². The Labute approximate surface area is 124 Å². The fraction of sp³-hybridized carbons (Fsp3) is 0.294. The van der Waals surface area contributed by atoms with Crippen molar-refractivity contribution in [1.29, 1.82) is 0 Å². The van der Waals surface area contributed by atoms with Crippen molar-refractivity contribution in [2.45, 2.75) is 26.3 Å². The summed E-state index contributed by atoms with van der Waals surface area (Å²) in [6.07, 6.45) is 0. The maximum absolute atomic E-state index is 13.8. The minimum Gasteiger partial charge on any atom is -0.305 e. The van der Waals surface area contributed by atoms with Gasteiger partial charge in [-0.1, -0.05) is 18.2 Å². The molecule has 1 heterocycles. The number of carbonyl (C=O) groups is 1. The molecule has 2 rings (SSSR count). The highest BCUT2D eigenvalue weighted by Gasteiger charge is 2.14. The van der Waals surface area contributed by atoms with Gasteiger partial charge < -0.3 is 5.32 Å². The number of pyridine rings is 1. The molecule has 0 aliphatic heterocycles. The summed E-state index contributed by atoms with van der Waals surface area (Å²) >= 11 is 0. The Morgan fingerprint density at radius 1 is 1.14 bits per heavy atom. The number of ketones is 1. The minimum absolute atomic E-state index is 0.108. The number of rotatable bonds is 4. The number of hydrogen-bond acceptors (Lipinski definition) is 3. The van der Waals surface area contributed by atoms with Crippen LogP contribution in [0.15, 0.2) is 42.5 Å². The van der Waals surface area contributed by atoms with Crippen LogP contribution in [0.2, 0.25) is 0 Å². The van der Waals surface area contributed by atoms with Gasteiger partial charge in [-0.05, 0) is 45.0 Å². The molecule has 21 heavy (non-hydrogen) atoms. The quantitative estimate of drug-likeness (QED) is 0.875. The number of nitrogens with zero attached hydrogens (tertiary/aromatic N) is 1. The van der Waals surface area contributed by atoms with Crippen LogP contribution < -0.4 is 5.32 Å². The molecule has 1 aromatic heterocycles. The van der Waals surface area contributed by atoms with E-state index in [-0.39, 0.29) is 23.7 Å². The molecule has 4 heteroatoms. The average Bonchev–Trinajstić information content (AvgIpc) is 2.44. The third-order valence-corrected chi connectivity index (χ3v) is 2.96. The number of Topliss-reactive ketones (excluding diaryl/α,β-unsaturated/α-hetero) is 1. The zero-order valence-corrected chi connectivity index (χ0v) is 12.5. The normalized spacial score (nSPS) is 11.4. The Hall–Kier alpha value is -2.07. The number of aromatic nitrogens is 1. The monoisotopic (exact) mass is 286 g/mol. The Balaban J connectivity index is 2.22. The van der Waals surface area contributed by atoms with Crippen LogP contribution in [-0.4, -0.2) is 22.9 Å². The summed E-state index contributed by atoms with van der Waals surface area (Å²) in [4.78, 5) is 16.4. The van der Waals surface area contributed by atoms with Crippen LogP contribution >= 0.6 is 0 Å². The Bertz CT molecular complexity index is 647. The maximum atomic E-state index is 13.8. The van der Waals surface area contributed by atoms with E-state index in [0.717, 1.165) is 0 Å². The first-order chi connectivity index (χ1) is 9.87. The first-order valence-corrected chi connectivity index (χ1v) is 6.87. The number of hydrogen-bond donors (Lipinski definition) is 1. The van der Waals surface area contributed by atoms with Crippen molar-refractivity contribution < 1.29 is 9.18 Å². The van der Waals surface area contributed by atoms with Crippen LogP contribution in [-0.2, 0) is 0 Å². The summed E-state index contributed by atoms with van der Waals surface area (Å²) in [5.41, 5.74) is 1.07. The van der Waals surface area contributed by atoms with Crippen LogP contribution in [0.1, 0.15) is 31.3 Å². The van der Waals surface area contributed by atoms with Crippen molar-refractivity contribution in [2.75, 3.05) is 6.54 Å². The third kappa shape index (κ3) is 4.20. The standard InChI is InChI=1S/C17H19FN2O/c1-17(2,3)19-11-16(21)15-10-6-9-14(20-15)12-7-4-5-8-13(12)18/h4-10,19H,11H2,1-3H3. The van der Waals surface area contributed by atoms with Crippen LogP contribution in [0.3, 0.4) is 0 Å². The van der Waals surface area contributed by atoms with E-state index in [1.54, 1.807) is 36.4 Å². The molecule has 2 aromatic rings.